The Balaban J connectivity index is 1.96. The minimum Gasteiger partial charge on any atom is -0.383 e. The fraction of sp³-hybridized carbons (Fsp3) is 0.529. The maximum absolute atomic E-state index is 12.6. The van der Waals surface area contributed by atoms with Crippen molar-refractivity contribution in [3.63, 3.8) is 0 Å². The van der Waals surface area contributed by atoms with E-state index in [9.17, 15) is 9.59 Å². The summed E-state index contributed by atoms with van der Waals surface area (Å²) in [6.07, 6.45) is 2.10. The zero-order chi connectivity index (χ0) is 16.8. The minimum absolute atomic E-state index is 0.0135. The first-order valence-electron chi connectivity index (χ1n) is 8.02. The van der Waals surface area contributed by atoms with Crippen molar-refractivity contribution in [2.24, 2.45) is 0 Å². The number of methoxy groups -OCH3 is 1. The molecule has 1 atom stereocenters. The zero-order valence-electron chi connectivity index (χ0n) is 14.0. The van der Waals surface area contributed by atoms with Gasteiger partial charge < -0.3 is 20.3 Å². The SMILES string of the molecule is CCN(C(=O)c1ccc(NC(=O)NC2CC2)cc1)C(C)COC. The van der Waals surface area contributed by atoms with E-state index < -0.39 is 0 Å². The summed E-state index contributed by atoms with van der Waals surface area (Å²) >= 11 is 0. The molecule has 2 N–H and O–H groups in total. The highest BCUT2D eigenvalue weighted by atomic mass is 16.5. The van der Waals surface area contributed by atoms with Crippen molar-refractivity contribution in [1.29, 1.82) is 0 Å². The van der Waals surface area contributed by atoms with Gasteiger partial charge in [-0.25, -0.2) is 4.79 Å². The van der Waals surface area contributed by atoms with Crippen LogP contribution in [0.15, 0.2) is 24.3 Å². The highest BCUT2D eigenvalue weighted by Crippen LogP contribution is 2.19. The standard InChI is InChI=1S/C17H25N3O3/c1-4-20(12(2)11-23-3)16(21)13-5-7-14(8-6-13)18-17(22)19-15-9-10-15/h5-8,12,15H,4,9-11H2,1-3H3,(H2,18,19,22). The number of amides is 3. The number of nitrogens with zero attached hydrogens (tertiary/aromatic N) is 1. The largest absolute Gasteiger partial charge is 0.383 e. The molecule has 0 heterocycles. The van der Waals surface area contributed by atoms with Crippen molar-refractivity contribution in [2.75, 3.05) is 25.6 Å². The molecule has 1 aliphatic carbocycles. The van der Waals surface area contributed by atoms with Crippen LogP contribution >= 0.6 is 0 Å². The van der Waals surface area contributed by atoms with Gasteiger partial charge in [-0.3, -0.25) is 4.79 Å². The number of benzene rings is 1. The maximum atomic E-state index is 12.6. The third-order valence-corrected chi connectivity index (χ3v) is 3.84. The lowest BCUT2D eigenvalue weighted by molar-refractivity contribution is 0.0579. The van der Waals surface area contributed by atoms with Crippen molar-refractivity contribution in [1.82, 2.24) is 10.2 Å². The number of carbonyl (C=O) groups is 2. The highest BCUT2D eigenvalue weighted by Gasteiger charge is 2.23. The van der Waals surface area contributed by atoms with Crippen LogP contribution in [0.25, 0.3) is 0 Å². The minimum atomic E-state index is -0.199. The second-order valence-corrected chi connectivity index (χ2v) is 5.85. The molecule has 1 unspecified atom stereocenters. The van der Waals surface area contributed by atoms with E-state index in [2.05, 4.69) is 10.6 Å². The molecule has 0 spiro atoms. The van der Waals surface area contributed by atoms with Gasteiger partial charge in [-0.05, 0) is 51.0 Å². The number of anilines is 1. The van der Waals surface area contributed by atoms with Gasteiger partial charge >= 0.3 is 6.03 Å². The molecule has 6 heteroatoms. The molecule has 2 rings (SSSR count). The summed E-state index contributed by atoms with van der Waals surface area (Å²) in [5, 5.41) is 5.63. The van der Waals surface area contributed by atoms with E-state index in [1.807, 2.05) is 13.8 Å². The van der Waals surface area contributed by atoms with Gasteiger partial charge in [0.25, 0.3) is 5.91 Å². The summed E-state index contributed by atoms with van der Waals surface area (Å²) in [7, 11) is 1.63. The molecule has 1 fully saturated rings. The normalized spacial score (nSPS) is 14.9. The van der Waals surface area contributed by atoms with E-state index in [0.29, 0.717) is 30.4 Å². The molecule has 3 amide bonds. The van der Waals surface area contributed by atoms with Crippen LogP contribution in [0.3, 0.4) is 0 Å². The van der Waals surface area contributed by atoms with Gasteiger partial charge in [-0.1, -0.05) is 0 Å². The van der Waals surface area contributed by atoms with Crippen molar-refractivity contribution < 1.29 is 14.3 Å². The van der Waals surface area contributed by atoms with Gasteiger partial charge in [-0.15, -0.1) is 0 Å². The van der Waals surface area contributed by atoms with Crippen LogP contribution in [-0.2, 0) is 4.74 Å². The number of ether oxygens (including phenoxy) is 1. The average Bonchev–Trinajstić information content (AvgIpc) is 3.32. The number of carbonyl (C=O) groups excluding carboxylic acids is 2. The van der Waals surface area contributed by atoms with Crippen LogP contribution in [0.4, 0.5) is 10.5 Å². The number of urea groups is 1. The zero-order valence-corrected chi connectivity index (χ0v) is 14.0. The average molecular weight is 319 g/mol. The second-order valence-electron chi connectivity index (χ2n) is 5.85. The van der Waals surface area contributed by atoms with Crippen molar-refractivity contribution in [3.8, 4) is 0 Å². The maximum Gasteiger partial charge on any atom is 0.319 e. The third kappa shape index (κ3) is 4.96. The molecule has 1 saturated carbocycles. The number of likely N-dealkylation sites (N-methyl/N-ethyl adjacent to an activating group) is 1. The first-order chi connectivity index (χ1) is 11.0. The fourth-order valence-corrected chi connectivity index (χ4v) is 2.43. The predicted molar refractivity (Wildman–Crippen MR) is 89.7 cm³/mol. The van der Waals surface area contributed by atoms with Crippen LogP contribution in [0.5, 0.6) is 0 Å². The Morgan fingerprint density at radius 1 is 1.30 bits per heavy atom. The molecule has 23 heavy (non-hydrogen) atoms. The van der Waals surface area contributed by atoms with Crippen LogP contribution in [-0.4, -0.2) is 49.2 Å². The molecule has 0 bridgehead atoms. The van der Waals surface area contributed by atoms with E-state index in [-0.39, 0.29) is 18.0 Å². The molecule has 6 nitrogen and oxygen atoms in total. The van der Waals surface area contributed by atoms with Gasteiger partial charge in [0.05, 0.1) is 12.6 Å². The number of hydrogen-bond acceptors (Lipinski definition) is 3. The topological polar surface area (TPSA) is 70.7 Å². The molecular formula is C17H25N3O3. The first-order valence-corrected chi connectivity index (χ1v) is 8.02. The summed E-state index contributed by atoms with van der Waals surface area (Å²) in [6, 6.07) is 7.09. The summed E-state index contributed by atoms with van der Waals surface area (Å²) < 4.78 is 5.12. The van der Waals surface area contributed by atoms with Crippen LogP contribution in [0.1, 0.15) is 37.0 Å². The molecule has 1 aliphatic rings. The third-order valence-electron chi connectivity index (χ3n) is 3.84. The molecule has 0 saturated heterocycles. The van der Waals surface area contributed by atoms with Crippen LogP contribution < -0.4 is 10.6 Å². The van der Waals surface area contributed by atoms with Gasteiger partial charge in [0.15, 0.2) is 0 Å². The summed E-state index contributed by atoms with van der Waals surface area (Å²) in [5.74, 6) is -0.0361. The molecule has 0 aliphatic heterocycles. The van der Waals surface area contributed by atoms with E-state index in [0.717, 1.165) is 12.8 Å². The molecular weight excluding hydrogens is 294 g/mol. The Morgan fingerprint density at radius 3 is 2.48 bits per heavy atom. The van der Waals surface area contributed by atoms with E-state index in [1.54, 1.807) is 36.3 Å². The van der Waals surface area contributed by atoms with Crippen molar-refractivity contribution >= 4 is 17.6 Å². The van der Waals surface area contributed by atoms with Gasteiger partial charge in [0.2, 0.25) is 0 Å². The van der Waals surface area contributed by atoms with Gasteiger partial charge in [-0.2, -0.15) is 0 Å². The Hall–Kier alpha value is -2.08. The molecule has 1 aromatic carbocycles. The molecule has 126 valence electrons. The molecule has 0 aromatic heterocycles. The Bertz CT molecular complexity index is 541. The summed E-state index contributed by atoms with van der Waals surface area (Å²) in [4.78, 5) is 26.0. The van der Waals surface area contributed by atoms with E-state index in [4.69, 9.17) is 4.74 Å². The van der Waals surface area contributed by atoms with Gasteiger partial charge in [0.1, 0.15) is 0 Å². The van der Waals surface area contributed by atoms with Crippen LogP contribution in [0.2, 0.25) is 0 Å². The summed E-state index contributed by atoms with van der Waals surface area (Å²) in [6.45, 7) is 5.03. The van der Waals surface area contributed by atoms with Crippen molar-refractivity contribution in [3.05, 3.63) is 29.8 Å². The number of rotatable bonds is 7. The number of nitrogens with one attached hydrogen (secondary N) is 2. The monoisotopic (exact) mass is 319 g/mol. The quantitative estimate of drug-likeness (QED) is 0.811. The van der Waals surface area contributed by atoms with E-state index >= 15 is 0 Å². The lowest BCUT2D eigenvalue weighted by atomic mass is 10.1. The highest BCUT2D eigenvalue weighted by molar-refractivity contribution is 5.95. The molecule has 1 aromatic rings. The predicted octanol–water partition coefficient (Wildman–Crippen LogP) is 2.47. The van der Waals surface area contributed by atoms with Crippen molar-refractivity contribution in [2.45, 2.75) is 38.8 Å². The lowest BCUT2D eigenvalue weighted by Crippen LogP contribution is -2.40. The Kier molecular flexibility index (Phi) is 5.98. The molecule has 0 radical (unpaired) electrons. The number of hydrogen-bond donors (Lipinski definition) is 2. The first kappa shape index (κ1) is 17.3. The summed E-state index contributed by atoms with van der Waals surface area (Å²) in [5.41, 5.74) is 1.27. The Labute approximate surface area is 137 Å². The Morgan fingerprint density at radius 2 is 1.96 bits per heavy atom. The lowest BCUT2D eigenvalue weighted by Gasteiger charge is -2.27. The van der Waals surface area contributed by atoms with Crippen LogP contribution in [0, 0.1) is 0 Å². The van der Waals surface area contributed by atoms with Gasteiger partial charge in [0, 0.05) is 30.9 Å². The van der Waals surface area contributed by atoms with E-state index in [1.165, 1.54) is 0 Å². The fourth-order valence-electron chi connectivity index (χ4n) is 2.43. The second kappa shape index (κ2) is 7.97. The smallest absolute Gasteiger partial charge is 0.319 e.